The molecule has 0 radical (unpaired) electrons. The molecule has 0 atom stereocenters. The lowest BCUT2D eigenvalue weighted by molar-refractivity contribution is 0.251. The number of hydrazone groups is 2. The molecule has 0 aromatic rings. The molecule has 2 saturated heterocycles. The lowest BCUT2D eigenvalue weighted by atomic mass is 9.81. The smallest absolute Gasteiger partial charge is 0.230 e. The van der Waals surface area contributed by atoms with Crippen molar-refractivity contribution in [2.75, 3.05) is 0 Å². The number of piperidine rings is 2. The van der Waals surface area contributed by atoms with Gasteiger partial charge in [0.2, 0.25) is 5.96 Å². The lowest BCUT2D eigenvalue weighted by Crippen LogP contribution is -2.58. The van der Waals surface area contributed by atoms with Gasteiger partial charge in [0.1, 0.15) is 0 Å². The second kappa shape index (κ2) is 8.05. The Bertz CT molecular complexity index is 530. The summed E-state index contributed by atoms with van der Waals surface area (Å²) in [6.07, 6.45) is 3.44. The minimum Gasteiger partial charge on any atom is -0.306 e. The Hall–Kier alpha value is -1.18. The summed E-state index contributed by atoms with van der Waals surface area (Å²) in [6, 6.07) is 0. The molecule has 0 aromatic carbocycles. The first-order chi connectivity index (χ1) is 11.7. The largest absolute Gasteiger partial charge is 0.306 e. The zero-order chi connectivity index (χ0) is 19.8. The van der Waals surface area contributed by atoms with Gasteiger partial charge in [-0.1, -0.05) is 0 Å². The number of hydrogen-bond acceptors (Lipinski definition) is 5. The molecule has 156 valence electrons. The van der Waals surface area contributed by atoms with Crippen molar-refractivity contribution < 1.29 is 0 Å². The first kappa shape index (κ1) is 23.9. The van der Waals surface area contributed by atoms with E-state index in [-0.39, 0.29) is 40.5 Å². The zero-order valence-electron chi connectivity index (χ0n) is 18.1. The molecule has 8 heteroatoms. The van der Waals surface area contributed by atoms with Gasteiger partial charge in [-0.3, -0.25) is 5.41 Å². The van der Waals surface area contributed by atoms with Crippen molar-refractivity contribution in [3.63, 3.8) is 0 Å². The van der Waals surface area contributed by atoms with Crippen LogP contribution in [0, 0.1) is 5.41 Å². The van der Waals surface area contributed by atoms with Crippen molar-refractivity contribution in [1.82, 2.24) is 21.5 Å². The SMILES string of the molecule is CC1(C)CC(=NNC(=N)NN=C2CC(C)(C)NC(C)(C)C2)CC(C)(C)N1.Cl. The third kappa shape index (κ3) is 7.76. The molecule has 0 saturated carbocycles. The molecule has 7 nitrogen and oxygen atoms in total. The number of rotatable bonds is 2. The van der Waals surface area contributed by atoms with E-state index in [0.29, 0.717) is 0 Å². The van der Waals surface area contributed by atoms with E-state index in [1.807, 2.05) is 0 Å². The summed E-state index contributed by atoms with van der Waals surface area (Å²) < 4.78 is 0. The molecule has 0 spiro atoms. The van der Waals surface area contributed by atoms with Gasteiger partial charge in [0.25, 0.3) is 0 Å². The maximum absolute atomic E-state index is 8.05. The average molecular weight is 400 g/mol. The van der Waals surface area contributed by atoms with Gasteiger partial charge in [0.15, 0.2) is 0 Å². The van der Waals surface area contributed by atoms with Crippen LogP contribution in [-0.4, -0.2) is 39.5 Å². The van der Waals surface area contributed by atoms with Crippen LogP contribution >= 0.6 is 12.4 Å². The van der Waals surface area contributed by atoms with Crippen molar-refractivity contribution in [2.45, 2.75) is 103 Å². The van der Waals surface area contributed by atoms with E-state index in [9.17, 15) is 0 Å². The fourth-order valence-electron chi connectivity index (χ4n) is 4.63. The van der Waals surface area contributed by atoms with Gasteiger partial charge in [-0.2, -0.15) is 10.2 Å². The molecule has 2 heterocycles. The van der Waals surface area contributed by atoms with Crippen LogP contribution in [0.5, 0.6) is 0 Å². The van der Waals surface area contributed by atoms with E-state index >= 15 is 0 Å². The molecule has 0 unspecified atom stereocenters. The highest BCUT2D eigenvalue weighted by Gasteiger charge is 2.36. The highest BCUT2D eigenvalue weighted by Crippen LogP contribution is 2.27. The number of hydrogen-bond donors (Lipinski definition) is 5. The molecule has 2 aliphatic rings. The van der Waals surface area contributed by atoms with Gasteiger partial charge in [-0.05, 0) is 55.4 Å². The minimum atomic E-state index is 0. The lowest BCUT2D eigenvalue weighted by Gasteiger charge is -2.43. The topological polar surface area (TPSA) is 96.7 Å². The van der Waals surface area contributed by atoms with Gasteiger partial charge < -0.3 is 10.6 Å². The fourth-order valence-corrected chi connectivity index (χ4v) is 4.63. The Morgan fingerprint density at radius 3 is 1.22 bits per heavy atom. The molecule has 5 N–H and O–H groups in total. The van der Waals surface area contributed by atoms with Crippen molar-refractivity contribution in [3.05, 3.63) is 0 Å². The van der Waals surface area contributed by atoms with Crippen LogP contribution < -0.4 is 21.5 Å². The molecule has 0 bridgehead atoms. The predicted molar refractivity (Wildman–Crippen MR) is 117 cm³/mol. The summed E-state index contributed by atoms with van der Waals surface area (Å²) in [7, 11) is 0. The zero-order valence-corrected chi connectivity index (χ0v) is 18.9. The normalized spacial score (nSPS) is 25.0. The van der Waals surface area contributed by atoms with Crippen molar-refractivity contribution in [1.29, 1.82) is 5.41 Å². The third-order valence-electron chi connectivity index (χ3n) is 4.59. The molecule has 0 aliphatic carbocycles. The molecular formula is C19H38ClN7. The summed E-state index contributed by atoms with van der Waals surface area (Å²) in [5, 5.41) is 24.2. The molecule has 0 amide bonds. The van der Waals surface area contributed by atoms with Crippen molar-refractivity contribution >= 4 is 29.8 Å². The van der Waals surface area contributed by atoms with Gasteiger partial charge in [0.05, 0.1) is 0 Å². The van der Waals surface area contributed by atoms with Gasteiger partial charge in [-0.25, -0.2) is 10.9 Å². The molecule has 27 heavy (non-hydrogen) atoms. The fraction of sp³-hybridized carbons (Fsp3) is 0.842. The highest BCUT2D eigenvalue weighted by molar-refractivity contribution is 5.90. The van der Waals surface area contributed by atoms with E-state index in [1.165, 1.54) is 0 Å². The monoisotopic (exact) mass is 399 g/mol. The van der Waals surface area contributed by atoms with Crippen LogP contribution in [0.25, 0.3) is 0 Å². The van der Waals surface area contributed by atoms with Crippen molar-refractivity contribution in [3.8, 4) is 0 Å². The maximum atomic E-state index is 8.05. The third-order valence-corrected chi connectivity index (χ3v) is 4.59. The average Bonchev–Trinajstić information content (AvgIpc) is 2.36. The number of guanidine groups is 1. The Morgan fingerprint density at radius 1 is 0.704 bits per heavy atom. The Balaban J connectivity index is 0.00000364. The number of nitrogens with one attached hydrogen (secondary N) is 5. The van der Waals surface area contributed by atoms with Crippen LogP contribution in [0.2, 0.25) is 0 Å². The van der Waals surface area contributed by atoms with Crippen LogP contribution in [-0.2, 0) is 0 Å². The van der Waals surface area contributed by atoms with Gasteiger partial charge in [-0.15, -0.1) is 12.4 Å². The standard InChI is InChI=1S/C19H37N7.ClH/c1-16(2)9-13(10-17(3,4)25-16)21-23-15(20)24-22-14-11-18(5,6)26-19(7,8)12-14;/h25-26H,9-12H2,1-8H3,(H3,20,23,24);1H. The predicted octanol–water partition coefficient (Wildman–Crippen LogP) is 3.12. The van der Waals surface area contributed by atoms with Crippen LogP contribution in [0.3, 0.4) is 0 Å². The summed E-state index contributed by atoms with van der Waals surface area (Å²) in [5.74, 6) is 0.105. The Kier molecular flexibility index (Phi) is 7.12. The molecular weight excluding hydrogens is 362 g/mol. The minimum absolute atomic E-state index is 0. The Labute approximate surface area is 170 Å². The van der Waals surface area contributed by atoms with Crippen LogP contribution in [0.4, 0.5) is 0 Å². The summed E-state index contributed by atoms with van der Waals surface area (Å²) in [4.78, 5) is 0. The van der Waals surface area contributed by atoms with E-state index in [4.69, 9.17) is 5.41 Å². The molecule has 2 aliphatic heterocycles. The summed E-state index contributed by atoms with van der Waals surface area (Å²) >= 11 is 0. The highest BCUT2D eigenvalue weighted by atomic mass is 35.5. The summed E-state index contributed by atoms with van der Waals surface area (Å²) in [5.41, 5.74) is 7.80. The van der Waals surface area contributed by atoms with E-state index in [2.05, 4.69) is 87.1 Å². The Morgan fingerprint density at radius 2 is 0.963 bits per heavy atom. The quantitative estimate of drug-likeness (QED) is 0.280. The van der Waals surface area contributed by atoms with Crippen LogP contribution in [0.1, 0.15) is 81.1 Å². The van der Waals surface area contributed by atoms with E-state index < -0.39 is 0 Å². The summed E-state index contributed by atoms with van der Waals surface area (Å²) in [6.45, 7) is 17.4. The first-order valence-corrected chi connectivity index (χ1v) is 9.47. The van der Waals surface area contributed by atoms with Crippen LogP contribution in [0.15, 0.2) is 10.2 Å². The van der Waals surface area contributed by atoms with Gasteiger partial charge >= 0.3 is 0 Å². The molecule has 2 fully saturated rings. The second-order valence-corrected chi connectivity index (χ2v) is 10.4. The molecule has 2 rings (SSSR count). The number of halogens is 1. The maximum Gasteiger partial charge on any atom is 0.230 e. The van der Waals surface area contributed by atoms with Gasteiger partial charge in [0, 0.05) is 59.3 Å². The van der Waals surface area contributed by atoms with Crippen molar-refractivity contribution in [2.24, 2.45) is 10.2 Å². The second-order valence-electron chi connectivity index (χ2n) is 10.4. The number of nitrogens with zero attached hydrogens (tertiary/aromatic N) is 2. The first-order valence-electron chi connectivity index (χ1n) is 9.47. The van der Waals surface area contributed by atoms with E-state index in [0.717, 1.165) is 37.1 Å². The van der Waals surface area contributed by atoms with E-state index in [1.54, 1.807) is 0 Å². The molecule has 0 aromatic heterocycles.